The molecule has 0 bridgehead atoms. The molecule has 6 nitrogen and oxygen atoms in total. The lowest BCUT2D eigenvalue weighted by molar-refractivity contribution is -0.146. The van der Waals surface area contributed by atoms with Gasteiger partial charge < -0.3 is 15.7 Å². The van der Waals surface area contributed by atoms with Gasteiger partial charge in [-0.15, -0.1) is 0 Å². The molecule has 0 saturated heterocycles. The van der Waals surface area contributed by atoms with E-state index in [9.17, 15) is 14.4 Å². The Morgan fingerprint density at radius 2 is 1.79 bits per heavy atom. The number of carboxylic acid groups (broad SMARTS) is 1. The van der Waals surface area contributed by atoms with Crippen LogP contribution in [-0.4, -0.2) is 28.9 Å². The molecule has 0 spiro atoms. The summed E-state index contributed by atoms with van der Waals surface area (Å²) in [4.78, 5) is 35.5. The highest BCUT2D eigenvalue weighted by atomic mass is 16.4. The van der Waals surface area contributed by atoms with E-state index in [2.05, 4.69) is 10.6 Å². The molecule has 0 heterocycles. The Hall–Kier alpha value is -2.37. The van der Waals surface area contributed by atoms with Crippen LogP contribution in [0.25, 0.3) is 0 Å². The summed E-state index contributed by atoms with van der Waals surface area (Å²) in [5.41, 5.74) is 0.709. The highest BCUT2D eigenvalue weighted by molar-refractivity contribution is 5.89. The van der Waals surface area contributed by atoms with Gasteiger partial charge in [0.15, 0.2) is 0 Å². The van der Waals surface area contributed by atoms with Crippen LogP contribution >= 0.6 is 0 Å². The fourth-order valence-electron chi connectivity index (χ4n) is 2.76. The summed E-state index contributed by atoms with van der Waals surface area (Å²) in [7, 11) is 0. The third-order valence-electron chi connectivity index (χ3n) is 4.13. The first-order valence-electron chi connectivity index (χ1n) is 8.24. The number of amides is 2. The Morgan fingerprint density at radius 1 is 1.17 bits per heavy atom. The largest absolute Gasteiger partial charge is 0.481 e. The van der Waals surface area contributed by atoms with Crippen molar-refractivity contribution >= 4 is 17.8 Å². The van der Waals surface area contributed by atoms with Crippen molar-refractivity contribution in [1.82, 2.24) is 10.6 Å². The second kappa shape index (κ2) is 7.95. The summed E-state index contributed by atoms with van der Waals surface area (Å²) in [5.74, 6) is -1.49. The molecule has 1 unspecified atom stereocenters. The molecule has 24 heavy (non-hydrogen) atoms. The third-order valence-corrected chi connectivity index (χ3v) is 4.13. The topological polar surface area (TPSA) is 95.5 Å². The Kier molecular flexibility index (Phi) is 5.95. The fraction of sp³-hybridized carbons (Fsp3) is 0.500. The van der Waals surface area contributed by atoms with Crippen LogP contribution in [0, 0.1) is 11.8 Å². The van der Waals surface area contributed by atoms with Crippen molar-refractivity contribution in [3.8, 4) is 0 Å². The monoisotopic (exact) mass is 332 g/mol. The normalized spacial score (nSPS) is 20.8. The fourth-order valence-corrected chi connectivity index (χ4v) is 2.76. The molecule has 1 atom stereocenters. The van der Waals surface area contributed by atoms with Crippen molar-refractivity contribution in [3.63, 3.8) is 0 Å². The van der Waals surface area contributed by atoms with E-state index in [4.69, 9.17) is 5.11 Å². The molecule has 2 rings (SSSR count). The molecule has 6 heteroatoms. The highest BCUT2D eigenvalue weighted by Crippen LogP contribution is 2.28. The summed E-state index contributed by atoms with van der Waals surface area (Å²) < 4.78 is 0. The van der Waals surface area contributed by atoms with Crippen LogP contribution in [0.1, 0.15) is 44.7 Å². The molecule has 0 radical (unpaired) electrons. The maximum absolute atomic E-state index is 12.6. The molecular formula is C18H24N2O4. The van der Waals surface area contributed by atoms with Gasteiger partial charge >= 0.3 is 5.97 Å². The lowest BCUT2D eigenvalue weighted by Gasteiger charge is -2.34. The van der Waals surface area contributed by atoms with Gasteiger partial charge in [0.1, 0.15) is 6.04 Å². The molecule has 1 saturated carbocycles. The van der Waals surface area contributed by atoms with E-state index < -0.39 is 12.0 Å². The number of aliphatic carboxylic acids is 1. The Morgan fingerprint density at radius 3 is 2.33 bits per heavy atom. The number of rotatable bonds is 7. The molecule has 1 aromatic carbocycles. The number of carbonyl (C=O) groups excluding carboxylic acids is 2. The second-order valence-corrected chi connectivity index (χ2v) is 6.72. The number of carbonyl (C=O) groups is 3. The van der Waals surface area contributed by atoms with Crippen molar-refractivity contribution in [2.24, 2.45) is 11.8 Å². The van der Waals surface area contributed by atoms with E-state index >= 15 is 0 Å². The van der Waals surface area contributed by atoms with Gasteiger partial charge in [-0.05, 0) is 24.3 Å². The van der Waals surface area contributed by atoms with Crippen LogP contribution in [-0.2, 0) is 14.4 Å². The summed E-state index contributed by atoms with van der Waals surface area (Å²) in [6, 6.07) is 8.15. The molecule has 1 fully saturated rings. The highest BCUT2D eigenvalue weighted by Gasteiger charge is 2.36. The van der Waals surface area contributed by atoms with E-state index in [0.717, 1.165) is 0 Å². The number of nitrogens with one attached hydrogen (secondary N) is 2. The number of carboxylic acids is 1. The summed E-state index contributed by atoms with van der Waals surface area (Å²) in [6.07, 6.45) is 1.21. The molecule has 1 aromatic rings. The minimum atomic E-state index is -0.828. The van der Waals surface area contributed by atoms with Crippen molar-refractivity contribution in [2.75, 3.05) is 0 Å². The summed E-state index contributed by atoms with van der Waals surface area (Å²) in [6.45, 7) is 3.88. The van der Waals surface area contributed by atoms with Gasteiger partial charge in [0.25, 0.3) is 0 Å². The number of hydrogen-bond donors (Lipinski definition) is 3. The smallest absolute Gasteiger partial charge is 0.306 e. The number of benzene rings is 1. The first kappa shape index (κ1) is 18.0. The molecular weight excluding hydrogens is 308 g/mol. The van der Waals surface area contributed by atoms with Crippen LogP contribution < -0.4 is 10.6 Å². The first-order chi connectivity index (χ1) is 11.4. The summed E-state index contributed by atoms with van der Waals surface area (Å²) in [5, 5.41) is 14.5. The van der Waals surface area contributed by atoms with Gasteiger partial charge in [-0.3, -0.25) is 14.4 Å². The minimum absolute atomic E-state index is 0.146. The molecule has 2 amide bonds. The van der Waals surface area contributed by atoms with E-state index in [1.54, 1.807) is 12.1 Å². The average molecular weight is 332 g/mol. The Balaban J connectivity index is 2.01. The third kappa shape index (κ3) is 4.81. The van der Waals surface area contributed by atoms with Crippen molar-refractivity contribution < 1.29 is 19.5 Å². The molecule has 130 valence electrons. The van der Waals surface area contributed by atoms with Gasteiger partial charge in [-0.1, -0.05) is 44.2 Å². The average Bonchev–Trinajstić information content (AvgIpc) is 2.47. The Bertz CT molecular complexity index is 594. The standard InChI is InChI=1S/C18H24N2O4/c1-11(2)8-15(21)20-16(12-6-4-3-5-7-12)17(22)19-14-9-13(10-14)18(23)24/h3-7,11,13-14,16H,8-10H2,1-2H3,(H,19,22)(H,20,21)(H,23,24). The van der Waals surface area contributed by atoms with Crippen LogP contribution in [0.4, 0.5) is 0 Å². The van der Waals surface area contributed by atoms with Crippen LogP contribution in [0.15, 0.2) is 30.3 Å². The van der Waals surface area contributed by atoms with E-state index in [-0.39, 0.29) is 29.7 Å². The van der Waals surface area contributed by atoms with Gasteiger partial charge in [-0.25, -0.2) is 0 Å². The van der Waals surface area contributed by atoms with Gasteiger partial charge in [0.2, 0.25) is 11.8 Å². The van der Waals surface area contributed by atoms with Crippen LogP contribution in [0.5, 0.6) is 0 Å². The van der Waals surface area contributed by atoms with E-state index in [1.807, 2.05) is 32.0 Å². The molecule has 3 N–H and O–H groups in total. The molecule has 0 aliphatic heterocycles. The SMILES string of the molecule is CC(C)CC(=O)NC(C(=O)NC1CC(C(=O)O)C1)c1ccccc1. The lowest BCUT2D eigenvalue weighted by atomic mass is 9.80. The quantitative estimate of drug-likeness (QED) is 0.710. The van der Waals surface area contributed by atoms with Crippen molar-refractivity contribution in [1.29, 1.82) is 0 Å². The van der Waals surface area contributed by atoms with Crippen molar-refractivity contribution in [3.05, 3.63) is 35.9 Å². The predicted molar refractivity (Wildman–Crippen MR) is 89.1 cm³/mol. The van der Waals surface area contributed by atoms with E-state index in [0.29, 0.717) is 24.8 Å². The van der Waals surface area contributed by atoms with Gasteiger partial charge in [0.05, 0.1) is 5.92 Å². The van der Waals surface area contributed by atoms with Crippen LogP contribution in [0.3, 0.4) is 0 Å². The van der Waals surface area contributed by atoms with Gasteiger partial charge in [0, 0.05) is 12.5 Å². The predicted octanol–water partition coefficient (Wildman–Crippen LogP) is 1.87. The maximum Gasteiger partial charge on any atom is 0.306 e. The Labute approximate surface area is 141 Å². The zero-order chi connectivity index (χ0) is 17.7. The lowest BCUT2D eigenvalue weighted by Crippen LogP contribution is -2.50. The zero-order valence-corrected chi connectivity index (χ0v) is 14.0. The minimum Gasteiger partial charge on any atom is -0.481 e. The van der Waals surface area contributed by atoms with Crippen LogP contribution in [0.2, 0.25) is 0 Å². The maximum atomic E-state index is 12.6. The summed E-state index contributed by atoms with van der Waals surface area (Å²) >= 11 is 0. The zero-order valence-electron chi connectivity index (χ0n) is 14.0. The number of hydrogen-bond acceptors (Lipinski definition) is 3. The molecule has 0 aromatic heterocycles. The second-order valence-electron chi connectivity index (χ2n) is 6.72. The molecule has 1 aliphatic rings. The van der Waals surface area contributed by atoms with Gasteiger partial charge in [-0.2, -0.15) is 0 Å². The molecule has 1 aliphatic carbocycles. The van der Waals surface area contributed by atoms with Crippen molar-refractivity contribution in [2.45, 2.75) is 45.2 Å². The van der Waals surface area contributed by atoms with E-state index in [1.165, 1.54) is 0 Å². The first-order valence-corrected chi connectivity index (χ1v) is 8.24.